The summed E-state index contributed by atoms with van der Waals surface area (Å²) in [5, 5.41) is 18.0. The number of hydrogen-bond donors (Lipinski definition) is 2. The molecule has 1 unspecified atom stereocenters. The third-order valence-electron chi connectivity index (χ3n) is 3.82. The van der Waals surface area contributed by atoms with Crippen molar-refractivity contribution in [2.75, 3.05) is 13.2 Å². The highest BCUT2D eigenvalue weighted by molar-refractivity contribution is 4.79. The van der Waals surface area contributed by atoms with E-state index in [9.17, 15) is 0 Å². The monoisotopic (exact) mass is 244 g/mol. The van der Waals surface area contributed by atoms with Gasteiger partial charge in [0.15, 0.2) is 0 Å². The van der Waals surface area contributed by atoms with Crippen LogP contribution in [0.15, 0.2) is 0 Å². The van der Waals surface area contributed by atoms with Crippen LogP contribution in [0.5, 0.6) is 0 Å². The van der Waals surface area contributed by atoms with Crippen LogP contribution in [-0.2, 0) is 0 Å². The molecule has 0 fully saturated rings. The molecule has 2 N–H and O–H groups in total. The van der Waals surface area contributed by atoms with Gasteiger partial charge >= 0.3 is 0 Å². The number of aliphatic hydroxyl groups excluding tert-OH is 2. The molecule has 0 bridgehead atoms. The van der Waals surface area contributed by atoms with Gasteiger partial charge in [-0.15, -0.1) is 0 Å². The molecule has 0 saturated heterocycles. The van der Waals surface area contributed by atoms with Crippen LogP contribution in [-0.4, -0.2) is 23.4 Å². The minimum atomic E-state index is 0.315. The van der Waals surface area contributed by atoms with Crippen LogP contribution in [0.4, 0.5) is 0 Å². The van der Waals surface area contributed by atoms with Crippen molar-refractivity contribution in [1.82, 2.24) is 0 Å². The van der Waals surface area contributed by atoms with Gasteiger partial charge in [-0.1, -0.05) is 39.5 Å². The van der Waals surface area contributed by atoms with Crippen molar-refractivity contribution < 1.29 is 10.2 Å². The van der Waals surface area contributed by atoms with Crippen LogP contribution < -0.4 is 0 Å². The molecule has 0 aliphatic rings. The second-order valence-electron chi connectivity index (χ2n) is 5.36. The van der Waals surface area contributed by atoms with Crippen LogP contribution in [0.1, 0.15) is 78.1 Å². The molecule has 2 nitrogen and oxygen atoms in total. The van der Waals surface area contributed by atoms with Gasteiger partial charge in [-0.25, -0.2) is 0 Å². The molecule has 0 radical (unpaired) electrons. The van der Waals surface area contributed by atoms with Gasteiger partial charge in [0.05, 0.1) is 0 Å². The fourth-order valence-corrected chi connectivity index (χ4v) is 2.90. The molecule has 0 aromatic rings. The first kappa shape index (κ1) is 16.9. The average molecular weight is 244 g/mol. The molecule has 0 saturated carbocycles. The van der Waals surface area contributed by atoms with Crippen molar-refractivity contribution >= 4 is 0 Å². The molecule has 0 amide bonds. The first-order valence-corrected chi connectivity index (χ1v) is 7.46. The maximum Gasteiger partial charge on any atom is 0.0431 e. The molecular formula is C15H32O2. The van der Waals surface area contributed by atoms with E-state index in [2.05, 4.69) is 13.8 Å². The molecule has 104 valence electrons. The van der Waals surface area contributed by atoms with Crippen LogP contribution in [0.25, 0.3) is 0 Å². The SMILES string of the molecule is CCCCC(CCC)(CCCO)CCCCO. The lowest BCUT2D eigenvalue weighted by Crippen LogP contribution is -2.21. The van der Waals surface area contributed by atoms with Gasteiger partial charge in [-0.3, -0.25) is 0 Å². The van der Waals surface area contributed by atoms with Gasteiger partial charge in [0.2, 0.25) is 0 Å². The Labute approximate surface area is 107 Å². The van der Waals surface area contributed by atoms with Crippen molar-refractivity contribution in [3.63, 3.8) is 0 Å². The third kappa shape index (κ3) is 7.77. The molecule has 0 heterocycles. The Bertz CT molecular complexity index is 149. The zero-order valence-electron chi connectivity index (χ0n) is 11.9. The number of unbranched alkanes of at least 4 members (excludes halogenated alkanes) is 2. The predicted molar refractivity (Wildman–Crippen MR) is 74.1 cm³/mol. The Morgan fingerprint density at radius 1 is 0.647 bits per heavy atom. The Balaban J connectivity index is 4.32. The molecule has 2 heteroatoms. The number of rotatable bonds is 12. The first-order chi connectivity index (χ1) is 8.24. The van der Waals surface area contributed by atoms with Gasteiger partial charge < -0.3 is 10.2 Å². The quantitative estimate of drug-likeness (QED) is 0.511. The van der Waals surface area contributed by atoms with E-state index < -0.39 is 0 Å². The van der Waals surface area contributed by atoms with Crippen molar-refractivity contribution in [2.24, 2.45) is 5.41 Å². The van der Waals surface area contributed by atoms with E-state index in [-0.39, 0.29) is 0 Å². The van der Waals surface area contributed by atoms with E-state index in [0.29, 0.717) is 18.6 Å². The standard InChI is InChI=1S/C15H32O2/c1-3-5-10-15(9-4-2,12-8-14-17)11-6-7-13-16/h16-17H,3-14H2,1-2H3. The molecule has 1 atom stereocenters. The zero-order valence-corrected chi connectivity index (χ0v) is 11.9. The highest BCUT2D eigenvalue weighted by atomic mass is 16.3. The summed E-state index contributed by atoms with van der Waals surface area (Å²) in [5.41, 5.74) is 0.433. The van der Waals surface area contributed by atoms with Crippen molar-refractivity contribution in [3.05, 3.63) is 0 Å². The summed E-state index contributed by atoms with van der Waals surface area (Å²) in [6, 6.07) is 0. The maximum atomic E-state index is 9.05. The van der Waals surface area contributed by atoms with Crippen LogP contribution in [0, 0.1) is 5.41 Å². The van der Waals surface area contributed by atoms with Gasteiger partial charge in [0.25, 0.3) is 0 Å². The lowest BCUT2D eigenvalue weighted by atomic mass is 9.72. The number of hydrogen-bond acceptors (Lipinski definition) is 2. The Morgan fingerprint density at radius 2 is 1.24 bits per heavy atom. The first-order valence-electron chi connectivity index (χ1n) is 7.46. The fraction of sp³-hybridized carbons (Fsp3) is 1.00. The lowest BCUT2D eigenvalue weighted by molar-refractivity contribution is 0.155. The zero-order chi connectivity index (χ0) is 13.0. The number of aliphatic hydroxyl groups is 2. The largest absolute Gasteiger partial charge is 0.396 e. The molecule has 0 aliphatic carbocycles. The summed E-state index contributed by atoms with van der Waals surface area (Å²) in [4.78, 5) is 0. The average Bonchev–Trinajstić information content (AvgIpc) is 2.34. The topological polar surface area (TPSA) is 40.5 Å². The van der Waals surface area contributed by atoms with Gasteiger partial charge in [0, 0.05) is 13.2 Å². The van der Waals surface area contributed by atoms with E-state index in [1.54, 1.807) is 0 Å². The smallest absolute Gasteiger partial charge is 0.0431 e. The lowest BCUT2D eigenvalue weighted by Gasteiger charge is -2.34. The van der Waals surface area contributed by atoms with Crippen molar-refractivity contribution in [3.8, 4) is 0 Å². The van der Waals surface area contributed by atoms with Crippen molar-refractivity contribution in [1.29, 1.82) is 0 Å². The second kappa shape index (κ2) is 11.0. The van der Waals surface area contributed by atoms with E-state index in [1.807, 2.05) is 0 Å². The molecule has 0 aliphatic heterocycles. The molecule has 0 spiro atoms. The van der Waals surface area contributed by atoms with Gasteiger partial charge in [-0.05, 0) is 43.9 Å². The minimum absolute atomic E-state index is 0.315. The van der Waals surface area contributed by atoms with Crippen LogP contribution >= 0.6 is 0 Å². The molecule has 0 aromatic heterocycles. The van der Waals surface area contributed by atoms with Crippen molar-refractivity contribution in [2.45, 2.75) is 78.1 Å². The summed E-state index contributed by atoms with van der Waals surface area (Å²) < 4.78 is 0. The van der Waals surface area contributed by atoms with E-state index in [0.717, 1.165) is 25.7 Å². The normalized spacial score (nSPS) is 14.8. The summed E-state index contributed by atoms with van der Waals surface area (Å²) in [6.07, 6.45) is 11.7. The predicted octanol–water partition coefficient (Wildman–Crippen LogP) is 3.90. The van der Waals surface area contributed by atoms with Crippen LogP contribution in [0.3, 0.4) is 0 Å². The van der Waals surface area contributed by atoms with E-state index >= 15 is 0 Å². The summed E-state index contributed by atoms with van der Waals surface area (Å²) in [6.45, 7) is 5.13. The van der Waals surface area contributed by atoms with E-state index in [4.69, 9.17) is 10.2 Å². The third-order valence-corrected chi connectivity index (χ3v) is 3.82. The molecule has 0 rings (SSSR count). The summed E-state index contributed by atoms with van der Waals surface area (Å²) >= 11 is 0. The maximum absolute atomic E-state index is 9.05. The Morgan fingerprint density at radius 3 is 1.76 bits per heavy atom. The summed E-state index contributed by atoms with van der Waals surface area (Å²) in [5.74, 6) is 0. The molecule has 17 heavy (non-hydrogen) atoms. The van der Waals surface area contributed by atoms with Gasteiger partial charge in [0.1, 0.15) is 0 Å². The Hall–Kier alpha value is -0.0800. The fourth-order valence-electron chi connectivity index (χ4n) is 2.90. The second-order valence-corrected chi connectivity index (χ2v) is 5.36. The highest BCUT2D eigenvalue weighted by Crippen LogP contribution is 2.40. The molecule has 0 aromatic carbocycles. The highest BCUT2D eigenvalue weighted by Gasteiger charge is 2.27. The van der Waals surface area contributed by atoms with E-state index in [1.165, 1.54) is 38.5 Å². The van der Waals surface area contributed by atoms with Crippen LogP contribution in [0.2, 0.25) is 0 Å². The molecular weight excluding hydrogens is 212 g/mol. The summed E-state index contributed by atoms with van der Waals surface area (Å²) in [7, 11) is 0. The minimum Gasteiger partial charge on any atom is -0.396 e. The Kier molecular flexibility index (Phi) is 11.0. The van der Waals surface area contributed by atoms with Gasteiger partial charge in [-0.2, -0.15) is 0 Å².